The standard InChI is InChI=1S/C22H33N5O6S/c1-11-17-16(12(2)28)20(30)27(17)21(33-22(31)32)18(11)34-14-9-15(24-10-14)19(29)26-6-4-5-25(7-8-26)13(3)23/h11-12,14-17,23-24,28H,4-10H2,1-3H3,(H,31,32)/t11?,12?,14?,15?,16?,17-/m0/s1. The predicted octanol–water partition coefficient (Wildman–Crippen LogP) is 0.703. The minimum absolute atomic E-state index is 0.0184. The van der Waals surface area contributed by atoms with E-state index in [4.69, 9.17) is 10.1 Å². The zero-order chi connectivity index (χ0) is 24.7. The van der Waals surface area contributed by atoms with Crippen molar-refractivity contribution in [3.8, 4) is 0 Å². The summed E-state index contributed by atoms with van der Waals surface area (Å²) in [5.41, 5.74) is 0. The number of aliphatic hydroxyl groups is 1. The van der Waals surface area contributed by atoms with Crippen molar-refractivity contribution in [3.63, 3.8) is 0 Å². The molecule has 0 aliphatic carbocycles. The number of carboxylic acid groups (broad SMARTS) is 1. The Morgan fingerprint density at radius 2 is 1.91 bits per heavy atom. The first-order chi connectivity index (χ1) is 16.1. The maximum atomic E-state index is 13.1. The number of nitrogens with zero attached hydrogens (tertiary/aromatic N) is 3. The zero-order valence-electron chi connectivity index (χ0n) is 19.7. The van der Waals surface area contributed by atoms with Crippen LogP contribution in [0.1, 0.15) is 33.6 Å². The van der Waals surface area contributed by atoms with Crippen LogP contribution in [0.25, 0.3) is 0 Å². The minimum atomic E-state index is -1.48. The molecule has 188 valence electrons. The third kappa shape index (κ3) is 4.50. The van der Waals surface area contributed by atoms with E-state index in [-0.39, 0.29) is 40.9 Å². The van der Waals surface area contributed by atoms with E-state index >= 15 is 0 Å². The summed E-state index contributed by atoms with van der Waals surface area (Å²) in [6.45, 7) is 8.51. The molecule has 4 rings (SSSR count). The number of thioether (sulfide) groups is 1. The van der Waals surface area contributed by atoms with E-state index < -0.39 is 18.2 Å². The molecule has 0 aromatic rings. The second-order valence-corrected chi connectivity index (χ2v) is 10.8. The number of carbonyl (C=O) groups is 3. The lowest BCUT2D eigenvalue weighted by molar-refractivity contribution is -0.163. The normalized spacial score (nSPS) is 32.3. The van der Waals surface area contributed by atoms with Crippen LogP contribution in [0.3, 0.4) is 0 Å². The number of nitrogens with one attached hydrogen (secondary N) is 2. The fourth-order valence-corrected chi connectivity index (χ4v) is 6.88. The number of hydrogen-bond acceptors (Lipinski definition) is 8. The van der Waals surface area contributed by atoms with Crippen molar-refractivity contribution in [2.45, 2.75) is 57.1 Å². The molecular formula is C22H33N5O6S. The van der Waals surface area contributed by atoms with Crippen LogP contribution in [0, 0.1) is 17.2 Å². The topological polar surface area (TPSA) is 146 Å². The van der Waals surface area contributed by atoms with Crippen LogP contribution in [0.5, 0.6) is 0 Å². The SMILES string of the molecule is CC(=N)N1CCCN(C(=O)C2CC(SC3=C(OC(=O)O)N4C(=O)C(C(C)O)[C@@H]4C3C)CN2)CC1. The molecule has 4 aliphatic heterocycles. The van der Waals surface area contributed by atoms with Crippen molar-refractivity contribution in [3.05, 3.63) is 10.8 Å². The van der Waals surface area contributed by atoms with Crippen molar-refractivity contribution in [2.24, 2.45) is 11.8 Å². The van der Waals surface area contributed by atoms with E-state index in [1.54, 1.807) is 13.8 Å². The number of fused-ring (bicyclic) bond motifs is 1. The fraction of sp³-hybridized carbons (Fsp3) is 0.727. The van der Waals surface area contributed by atoms with E-state index in [1.807, 2.05) is 16.7 Å². The number of β-lactam (4-membered cyclic amide) rings is 1. The zero-order valence-corrected chi connectivity index (χ0v) is 20.5. The van der Waals surface area contributed by atoms with Crippen LogP contribution in [0.15, 0.2) is 10.8 Å². The average molecular weight is 496 g/mol. The van der Waals surface area contributed by atoms with Crippen molar-refractivity contribution >= 4 is 35.6 Å². The molecule has 0 aromatic heterocycles. The molecule has 0 bridgehead atoms. The molecule has 4 N–H and O–H groups in total. The van der Waals surface area contributed by atoms with Gasteiger partial charge in [0.15, 0.2) is 0 Å². The molecule has 2 amide bonds. The third-order valence-electron chi connectivity index (χ3n) is 7.21. The van der Waals surface area contributed by atoms with Gasteiger partial charge >= 0.3 is 6.16 Å². The van der Waals surface area contributed by atoms with Gasteiger partial charge in [-0.2, -0.15) is 0 Å². The van der Waals surface area contributed by atoms with Crippen molar-refractivity contribution in [1.82, 2.24) is 20.0 Å². The van der Waals surface area contributed by atoms with Crippen LogP contribution in [0.2, 0.25) is 0 Å². The van der Waals surface area contributed by atoms with Gasteiger partial charge < -0.3 is 30.1 Å². The molecule has 12 heteroatoms. The van der Waals surface area contributed by atoms with Gasteiger partial charge in [-0.1, -0.05) is 6.92 Å². The van der Waals surface area contributed by atoms with Gasteiger partial charge in [0.2, 0.25) is 17.7 Å². The Morgan fingerprint density at radius 1 is 1.24 bits per heavy atom. The Bertz CT molecular complexity index is 910. The van der Waals surface area contributed by atoms with Crippen molar-refractivity contribution in [1.29, 1.82) is 5.41 Å². The van der Waals surface area contributed by atoms with Crippen LogP contribution in [-0.2, 0) is 14.3 Å². The maximum absolute atomic E-state index is 13.1. The summed E-state index contributed by atoms with van der Waals surface area (Å²) in [5.74, 6) is -0.468. The summed E-state index contributed by atoms with van der Waals surface area (Å²) in [4.78, 5) is 42.9. The monoisotopic (exact) mass is 495 g/mol. The van der Waals surface area contributed by atoms with Crippen LogP contribution < -0.4 is 5.32 Å². The Labute approximate surface area is 203 Å². The van der Waals surface area contributed by atoms with Crippen molar-refractivity contribution in [2.75, 3.05) is 32.7 Å². The number of aliphatic hydroxyl groups excluding tert-OH is 1. The first-order valence-electron chi connectivity index (χ1n) is 11.7. The summed E-state index contributed by atoms with van der Waals surface area (Å²) in [5, 5.41) is 30.4. The molecule has 34 heavy (non-hydrogen) atoms. The van der Waals surface area contributed by atoms with Gasteiger partial charge in [-0.05, 0) is 26.7 Å². The second kappa shape index (κ2) is 9.74. The highest BCUT2D eigenvalue weighted by Gasteiger charge is 2.60. The molecule has 6 atom stereocenters. The second-order valence-electron chi connectivity index (χ2n) is 9.48. The van der Waals surface area contributed by atoms with Gasteiger partial charge in [0.25, 0.3) is 0 Å². The highest BCUT2D eigenvalue weighted by atomic mass is 32.2. The molecule has 5 unspecified atom stereocenters. The fourth-order valence-electron chi connectivity index (χ4n) is 5.46. The minimum Gasteiger partial charge on any atom is -0.449 e. The first kappa shape index (κ1) is 24.8. The van der Waals surface area contributed by atoms with E-state index in [1.165, 1.54) is 16.7 Å². The predicted molar refractivity (Wildman–Crippen MR) is 125 cm³/mol. The first-order valence-corrected chi connectivity index (χ1v) is 12.6. The lowest BCUT2D eigenvalue weighted by Crippen LogP contribution is -2.63. The molecule has 4 aliphatic rings. The van der Waals surface area contributed by atoms with E-state index in [2.05, 4.69) is 5.32 Å². The molecule has 0 radical (unpaired) electrons. The Hall–Kier alpha value is -2.31. The Balaban J connectivity index is 1.42. The Morgan fingerprint density at radius 3 is 2.56 bits per heavy atom. The highest BCUT2D eigenvalue weighted by Crippen LogP contribution is 2.52. The summed E-state index contributed by atoms with van der Waals surface area (Å²) in [6.07, 6.45) is -0.907. The molecule has 0 saturated carbocycles. The van der Waals surface area contributed by atoms with Gasteiger partial charge in [0, 0.05) is 43.9 Å². The molecule has 4 heterocycles. The smallest absolute Gasteiger partial charge is 0.449 e. The van der Waals surface area contributed by atoms with Gasteiger partial charge in [-0.3, -0.25) is 19.9 Å². The number of hydrogen-bond donors (Lipinski definition) is 4. The highest BCUT2D eigenvalue weighted by molar-refractivity contribution is 8.03. The van der Waals surface area contributed by atoms with E-state index in [0.29, 0.717) is 43.3 Å². The molecule has 0 aromatic carbocycles. The van der Waals surface area contributed by atoms with Gasteiger partial charge in [0.05, 0.1) is 34.8 Å². The van der Waals surface area contributed by atoms with Crippen LogP contribution in [0.4, 0.5) is 4.79 Å². The van der Waals surface area contributed by atoms with E-state index in [0.717, 1.165) is 13.0 Å². The Kier molecular flexibility index (Phi) is 7.11. The molecule has 11 nitrogen and oxygen atoms in total. The third-order valence-corrected chi connectivity index (χ3v) is 8.70. The molecular weight excluding hydrogens is 462 g/mol. The van der Waals surface area contributed by atoms with Gasteiger partial charge in [-0.25, -0.2) is 4.79 Å². The lowest BCUT2D eigenvalue weighted by atomic mass is 9.79. The number of ether oxygens (including phenoxy) is 1. The molecule has 0 spiro atoms. The van der Waals surface area contributed by atoms with Crippen LogP contribution in [-0.4, -0.2) is 105 Å². The number of carbonyl (C=O) groups excluding carboxylic acids is 2. The summed E-state index contributed by atoms with van der Waals surface area (Å²) in [6, 6.07) is -0.649. The lowest BCUT2D eigenvalue weighted by Gasteiger charge is -2.45. The summed E-state index contributed by atoms with van der Waals surface area (Å²) in [7, 11) is 0. The van der Waals surface area contributed by atoms with Gasteiger partial charge in [0.1, 0.15) is 0 Å². The number of amidine groups is 1. The number of rotatable bonds is 5. The summed E-state index contributed by atoms with van der Waals surface area (Å²) < 4.78 is 5.03. The van der Waals surface area contributed by atoms with Crippen molar-refractivity contribution < 1.29 is 29.3 Å². The number of amides is 2. The van der Waals surface area contributed by atoms with Gasteiger partial charge in [-0.15, -0.1) is 11.8 Å². The van der Waals surface area contributed by atoms with Crippen LogP contribution >= 0.6 is 11.8 Å². The maximum Gasteiger partial charge on any atom is 0.512 e. The summed E-state index contributed by atoms with van der Waals surface area (Å²) >= 11 is 1.46. The molecule has 3 fully saturated rings. The largest absolute Gasteiger partial charge is 0.512 e. The van der Waals surface area contributed by atoms with E-state index in [9.17, 15) is 24.6 Å². The molecule has 3 saturated heterocycles. The average Bonchev–Trinajstić information content (AvgIpc) is 3.18. The quantitative estimate of drug-likeness (QED) is 0.187.